The van der Waals surface area contributed by atoms with Crippen molar-refractivity contribution in [2.45, 2.75) is 97.6 Å². The van der Waals surface area contributed by atoms with E-state index in [1.165, 1.54) is 0 Å². The number of para-hydroxylation sites is 1. The van der Waals surface area contributed by atoms with Crippen molar-refractivity contribution in [2.75, 3.05) is 6.54 Å². The van der Waals surface area contributed by atoms with Gasteiger partial charge in [0.25, 0.3) is 0 Å². The van der Waals surface area contributed by atoms with E-state index in [1.807, 2.05) is 36.9 Å². The van der Waals surface area contributed by atoms with E-state index in [9.17, 15) is 14.4 Å². The second-order valence-electron chi connectivity index (χ2n) is 11.6. The number of Topliss-reactive ketones (excluding diaryl/α,β-unsaturated/α-hetero) is 1. The smallest absolute Gasteiger partial charge is 0.225 e. The summed E-state index contributed by atoms with van der Waals surface area (Å²) in [5, 5.41) is 2.97. The summed E-state index contributed by atoms with van der Waals surface area (Å²) in [7, 11) is 0. The molecule has 7 heteroatoms. The third-order valence-electron chi connectivity index (χ3n) is 7.88. The number of imidazole rings is 1. The largest absolute Gasteiger partial charge is 0.346 e. The summed E-state index contributed by atoms with van der Waals surface area (Å²) in [6.45, 7) is 11.1. The van der Waals surface area contributed by atoms with Crippen molar-refractivity contribution in [1.82, 2.24) is 20.2 Å². The van der Waals surface area contributed by atoms with E-state index >= 15 is 0 Å². The average molecular weight is 481 g/mol. The topological polar surface area (TPSA) is 95.2 Å². The van der Waals surface area contributed by atoms with Gasteiger partial charge in [0.1, 0.15) is 5.82 Å². The molecule has 0 spiro atoms. The van der Waals surface area contributed by atoms with Crippen molar-refractivity contribution in [2.24, 2.45) is 11.3 Å². The summed E-state index contributed by atoms with van der Waals surface area (Å²) >= 11 is 0. The number of aromatic nitrogens is 2. The summed E-state index contributed by atoms with van der Waals surface area (Å²) in [6, 6.07) is 5.35. The van der Waals surface area contributed by atoms with Crippen LogP contribution in [-0.4, -0.2) is 51.1 Å². The highest BCUT2D eigenvalue weighted by molar-refractivity contribution is 5.94. The minimum absolute atomic E-state index is 0.0248. The van der Waals surface area contributed by atoms with Gasteiger partial charge < -0.3 is 15.2 Å². The fourth-order valence-electron chi connectivity index (χ4n) is 5.72. The van der Waals surface area contributed by atoms with Crippen molar-refractivity contribution in [1.29, 1.82) is 0 Å². The van der Waals surface area contributed by atoms with E-state index in [1.54, 1.807) is 0 Å². The molecule has 3 atom stereocenters. The van der Waals surface area contributed by atoms with Gasteiger partial charge in [-0.3, -0.25) is 14.4 Å². The number of aromatic amines is 1. The number of nitrogens with one attached hydrogen (secondary N) is 2. The standard InChI is InChI=1S/C28H40N4O3/c1-17-9-8-11-21-25(17)31-26(29-21)18(2)13-23(33)22(30-27(35)20-15-28(4,5)16-20)14-24(34)32-12-7-6-10-19(32)3/h8-9,11,18-20,22H,6-7,10,12-16H2,1-5H3,(H,29,31)(H,30,35)/t18-,19+,22+/m1/s1. The first-order valence-corrected chi connectivity index (χ1v) is 13.1. The van der Waals surface area contributed by atoms with Crippen LogP contribution < -0.4 is 5.32 Å². The Balaban J connectivity index is 1.47. The molecule has 2 N–H and O–H groups in total. The van der Waals surface area contributed by atoms with Gasteiger partial charge in [0.15, 0.2) is 5.78 Å². The molecule has 1 saturated heterocycles. The van der Waals surface area contributed by atoms with Crippen molar-refractivity contribution < 1.29 is 14.4 Å². The van der Waals surface area contributed by atoms with Crippen LogP contribution in [0, 0.1) is 18.3 Å². The van der Waals surface area contributed by atoms with Crippen LogP contribution in [-0.2, 0) is 14.4 Å². The predicted octanol–water partition coefficient (Wildman–Crippen LogP) is 4.65. The first-order chi connectivity index (χ1) is 16.5. The molecule has 2 heterocycles. The molecule has 0 bridgehead atoms. The zero-order valence-electron chi connectivity index (χ0n) is 21.8. The minimum atomic E-state index is -0.804. The van der Waals surface area contributed by atoms with Gasteiger partial charge >= 0.3 is 0 Å². The number of hydrogen-bond acceptors (Lipinski definition) is 4. The van der Waals surface area contributed by atoms with E-state index in [0.29, 0.717) is 0 Å². The van der Waals surface area contributed by atoms with Crippen LogP contribution in [0.5, 0.6) is 0 Å². The van der Waals surface area contributed by atoms with Gasteiger partial charge in [-0.2, -0.15) is 0 Å². The Morgan fingerprint density at radius 1 is 1.20 bits per heavy atom. The first-order valence-electron chi connectivity index (χ1n) is 13.1. The van der Waals surface area contributed by atoms with Crippen LogP contribution in [0.1, 0.15) is 89.9 Å². The normalized spacial score (nSPS) is 21.9. The fraction of sp³-hybridized carbons (Fsp3) is 0.643. The lowest BCUT2D eigenvalue weighted by molar-refractivity contribution is -0.140. The molecule has 2 aliphatic rings. The van der Waals surface area contributed by atoms with Crippen molar-refractivity contribution in [3.8, 4) is 0 Å². The average Bonchev–Trinajstić information content (AvgIpc) is 3.23. The highest BCUT2D eigenvalue weighted by atomic mass is 16.2. The molecule has 1 aliphatic carbocycles. The molecule has 1 saturated carbocycles. The number of H-pyrrole nitrogens is 1. The molecule has 1 aliphatic heterocycles. The third kappa shape index (κ3) is 5.76. The number of carbonyl (C=O) groups excluding carboxylic acids is 3. The van der Waals surface area contributed by atoms with E-state index in [4.69, 9.17) is 4.98 Å². The number of nitrogens with zero attached hydrogens (tertiary/aromatic N) is 2. The molecule has 4 rings (SSSR count). The van der Waals surface area contributed by atoms with Gasteiger partial charge in [-0.05, 0) is 63.0 Å². The van der Waals surface area contributed by atoms with Crippen LogP contribution in [0.15, 0.2) is 18.2 Å². The van der Waals surface area contributed by atoms with Gasteiger partial charge in [0.2, 0.25) is 11.8 Å². The number of piperidine rings is 1. The molecular weight excluding hydrogens is 440 g/mol. The molecule has 35 heavy (non-hydrogen) atoms. The molecule has 0 unspecified atom stereocenters. The summed E-state index contributed by atoms with van der Waals surface area (Å²) in [5.41, 5.74) is 3.10. The molecule has 7 nitrogen and oxygen atoms in total. The highest BCUT2D eigenvalue weighted by Gasteiger charge is 2.41. The van der Waals surface area contributed by atoms with E-state index in [0.717, 1.165) is 61.1 Å². The second-order valence-corrected chi connectivity index (χ2v) is 11.6. The van der Waals surface area contributed by atoms with Crippen LogP contribution in [0.4, 0.5) is 0 Å². The monoisotopic (exact) mass is 480 g/mol. The lowest BCUT2D eigenvalue weighted by atomic mass is 9.64. The number of aryl methyl sites for hydroxylation is 1. The Morgan fingerprint density at radius 3 is 2.60 bits per heavy atom. The fourth-order valence-corrected chi connectivity index (χ4v) is 5.72. The highest BCUT2D eigenvalue weighted by Crippen LogP contribution is 2.44. The van der Waals surface area contributed by atoms with E-state index < -0.39 is 6.04 Å². The Kier molecular flexibility index (Phi) is 7.34. The molecule has 1 aromatic heterocycles. The van der Waals surface area contributed by atoms with Gasteiger partial charge in [0, 0.05) is 30.8 Å². The molecule has 190 valence electrons. The number of carbonyl (C=O) groups is 3. The molecule has 2 fully saturated rings. The van der Waals surface area contributed by atoms with Crippen LogP contribution in [0.2, 0.25) is 0 Å². The first kappa shape index (κ1) is 25.4. The lowest BCUT2D eigenvalue weighted by Gasteiger charge is -2.42. The number of benzene rings is 1. The van der Waals surface area contributed by atoms with Crippen LogP contribution >= 0.6 is 0 Å². The minimum Gasteiger partial charge on any atom is -0.346 e. The SMILES string of the molecule is Cc1cccc2[nH]c([C@H](C)CC(=O)[C@H](CC(=O)N3CCCC[C@@H]3C)NC(=O)C3CC(C)(C)C3)nc12. The predicted molar refractivity (Wildman–Crippen MR) is 137 cm³/mol. The van der Waals surface area contributed by atoms with E-state index in [2.05, 4.69) is 31.1 Å². The molecule has 2 amide bonds. The van der Waals surface area contributed by atoms with Crippen molar-refractivity contribution >= 4 is 28.6 Å². The number of likely N-dealkylation sites (tertiary alicyclic amines) is 1. The Hall–Kier alpha value is -2.70. The molecular formula is C28H40N4O3. The van der Waals surface area contributed by atoms with Crippen LogP contribution in [0.3, 0.4) is 0 Å². The van der Waals surface area contributed by atoms with E-state index in [-0.39, 0.29) is 53.7 Å². The Bertz CT molecular complexity index is 1100. The number of ketones is 1. The zero-order valence-corrected chi connectivity index (χ0v) is 21.8. The van der Waals surface area contributed by atoms with Gasteiger partial charge in [-0.25, -0.2) is 4.98 Å². The maximum Gasteiger partial charge on any atom is 0.225 e. The quantitative estimate of drug-likeness (QED) is 0.575. The maximum absolute atomic E-state index is 13.5. The maximum atomic E-state index is 13.5. The van der Waals surface area contributed by atoms with Crippen molar-refractivity contribution in [3.05, 3.63) is 29.6 Å². The van der Waals surface area contributed by atoms with Gasteiger partial charge in [-0.15, -0.1) is 0 Å². The lowest BCUT2D eigenvalue weighted by Crippen LogP contribution is -2.51. The number of rotatable bonds is 8. The zero-order chi connectivity index (χ0) is 25.3. The number of amides is 2. The van der Waals surface area contributed by atoms with Gasteiger partial charge in [0.05, 0.1) is 23.5 Å². The molecule has 2 aromatic rings. The number of hydrogen-bond donors (Lipinski definition) is 2. The van der Waals surface area contributed by atoms with Crippen LogP contribution in [0.25, 0.3) is 11.0 Å². The third-order valence-corrected chi connectivity index (χ3v) is 7.88. The summed E-state index contributed by atoms with van der Waals surface area (Å²) < 4.78 is 0. The Labute approximate surface area is 208 Å². The molecule has 1 aromatic carbocycles. The van der Waals surface area contributed by atoms with Gasteiger partial charge in [-0.1, -0.05) is 32.9 Å². The Morgan fingerprint density at radius 2 is 1.94 bits per heavy atom. The number of fused-ring (bicyclic) bond motifs is 1. The van der Waals surface area contributed by atoms with Crippen molar-refractivity contribution in [3.63, 3.8) is 0 Å². The summed E-state index contributed by atoms with van der Waals surface area (Å²) in [6.07, 6.45) is 4.95. The summed E-state index contributed by atoms with van der Waals surface area (Å²) in [4.78, 5) is 49.6. The summed E-state index contributed by atoms with van der Waals surface area (Å²) in [5.74, 6) is 0.260. The molecule has 0 radical (unpaired) electrons. The second kappa shape index (κ2) is 10.1.